The van der Waals surface area contributed by atoms with Crippen LogP contribution in [0.15, 0.2) is 42.5 Å². The SMILES string of the molecule is COc1cc(NC(=O)CN)ccc1NC(=O)Cc1ccc(F)cc1. The minimum Gasteiger partial charge on any atom is -0.494 e. The van der Waals surface area contributed by atoms with Crippen molar-refractivity contribution in [1.82, 2.24) is 0 Å². The number of hydrogen-bond acceptors (Lipinski definition) is 4. The van der Waals surface area contributed by atoms with Crippen LogP contribution in [-0.4, -0.2) is 25.5 Å². The van der Waals surface area contributed by atoms with Crippen molar-refractivity contribution in [1.29, 1.82) is 0 Å². The number of halogens is 1. The van der Waals surface area contributed by atoms with Gasteiger partial charge in [-0.3, -0.25) is 9.59 Å². The van der Waals surface area contributed by atoms with Crippen LogP contribution in [0, 0.1) is 5.82 Å². The molecule has 0 heterocycles. The van der Waals surface area contributed by atoms with E-state index in [-0.39, 0.29) is 30.6 Å². The third-order valence-corrected chi connectivity index (χ3v) is 3.22. The summed E-state index contributed by atoms with van der Waals surface area (Å²) < 4.78 is 18.1. The predicted molar refractivity (Wildman–Crippen MR) is 89.4 cm³/mol. The molecular formula is C17H18FN3O3. The topological polar surface area (TPSA) is 93.4 Å². The van der Waals surface area contributed by atoms with Gasteiger partial charge < -0.3 is 21.1 Å². The first-order valence-electron chi connectivity index (χ1n) is 7.24. The molecule has 0 atom stereocenters. The number of hydrogen-bond donors (Lipinski definition) is 3. The average Bonchev–Trinajstić information content (AvgIpc) is 2.58. The minimum absolute atomic E-state index is 0.106. The number of benzene rings is 2. The lowest BCUT2D eigenvalue weighted by molar-refractivity contribution is -0.116. The molecule has 0 fully saturated rings. The van der Waals surface area contributed by atoms with Gasteiger partial charge >= 0.3 is 0 Å². The van der Waals surface area contributed by atoms with E-state index in [0.717, 1.165) is 0 Å². The highest BCUT2D eigenvalue weighted by atomic mass is 19.1. The van der Waals surface area contributed by atoms with Crippen molar-refractivity contribution >= 4 is 23.2 Å². The number of rotatable bonds is 6. The highest BCUT2D eigenvalue weighted by molar-refractivity contribution is 5.95. The molecule has 0 aliphatic heterocycles. The summed E-state index contributed by atoms with van der Waals surface area (Å²) >= 11 is 0. The Morgan fingerprint density at radius 1 is 1.08 bits per heavy atom. The number of carbonyl (C=O) groups is 2. The molecule has 2 amide bonds. The fraction of sp³-hybridized carbons (Fsp3) is 0.176. The number of anilines is 2. The average molecular weight is 331 g/mol. The summed E-state index contributed by atoms with van der Waals surface area (Å²) in [5, 5.41) is 5.32. The lowest BCUT2D eigenvalue weighted by Gasteiger charge is -2.12. The van der Waals surface area contributed by atoms with Crippen molar-refractivity contribution in [2.45, 2.75) is 6.42 Å². The quantitative estimate of drug-likeness (QED) is 0.754. The molecule has 0 aliphatic rings. The van der Waals surface area contributed by atoms with Crippen molar-refractivity contribution < 1.29 is 18.7 Å². The van der Waals surface area contributed by atoms with Crippen LogP contribution in [0.2, 0.25) is 0 Å². The van der Waals surface area contributed by atoms with Crippen molar-refractivity contribution in [2.24, 2.45) is 5.73 Å². The molecule has 2 aromatic rings. The van der Waals surface area contributed by atoms with Crippen LogP contribution in [0.25, 0.3) is 0 Å². The molecular weight excluding hydrogens is 313 g/mol. The van der Waals surface area contributed by atoms with Gasteiger partial charge in [-0.25, -0.2) is 4.39 Å². The minimum atomic E-state index is -0.351. The monoisotopic (exact) mass is 331 g/mol. The fourth-order valence-corrected chi connectivity index (χ4v) is 2.07. The summed E-state index contributed by atoms with van der Waals surface area (Å²) in [7, 11) is 1.46. The molecule has 6 nitrogen and oxygen atoms in total. The highest BCUT2D eigenvalue weighted by Crippen LogP contribution is 2.28. The number of nitrogens with one attached hydrogen (secondary N) is 2. The second kappa shape index (κ2) is 8.07. The van der Waals surface area contributed by atoms with E-state index < -0.39 is 0 Å². The Labute approximate surface area is 138 Å². The number of carbonyl (C=O) groups excluding carboxylic acids is 2. The van der Waals surface area contributed by atoms with Crippen LogP contribution in [0.5, 0.6) is 5.75 Å². The zero-order valence-electron chi connectivity index (χ0n) is 13.1. The van der Waals surface area contributed by atoms with Gasteiger partial charge in [0.1, 0.15) is 11.6 Å². The second-order valence-corrected chi connectivity index (χ2v) is 5.02. The Balaban J connectivity index is 2.06. The maximum Gasteiger partial charge on any atom is 0.238 e. The molecule has 7 heteroatoms. The molecule has 0 unspecified atom stereocenters. The first kappa shape index (κ1) is 17.4. The number of ether oxygens (including phenoxy) is 1. The first-order valence-corrected chi connectivity index (χ1v) is 7.24. The predicted octanol–water partition coefficient (Wildman–Crippen LogP) is 1.91. The lowest BCUT2D eigenvalue weighted by atomic mass is 10.1. The maximum atomic E-state index is 12.9. The van der Waals surface area contributed by atoms with E-state index in [2.05, 4.69) is 10.6 Å². The number of amides is 2. The number of methoxy groups -OCH3 is 1. The third kappa shape index (κ3) is 4.79. The molecule has 0 bridgehead atoms. The summed E-state index contributed by atoms with van der Waals surface area (Å²) in [6, 6.07) is 10.5. The van der Waals surface area contributed by atoms with Gasteiger partial charge in [0.2, 0.25) is 11.8 Å². The summed E-state index contributed by atoms with van der Waals surface area (Å²) in [6.45, 7) is -0.127. The standard InChI is InChI=1S/C17H18FN3O3/c1-24-15-9-13(20-17(23)10-19)6-7-14(15)21-16(22)8-11-2-4-12(18)5-3-11/h2-7,9H,8,10,19H2,1H3,(H,20,23)(H,21,22). The number of nitrogens with two attached hydrogens (primary N) is 1. The first-order chi connectivity index (χ1) is 11.5. The van der Waals surface area contributed by atoms with Gasteiger partial charge in [0, 0.05) is 11.8 Å². The molecule has 4 N–H and O–H groups in total. The summed E-state index contributed by atoms with van der Waals surface area (Å²) in [6.07, 6.45) is 0.106. The van der Waals surface area contributed by atoms with Crippen LogP contribution < -0.4 is 21.1 Å². The molecule has 2 aromatic carbocycles. The normalized spacial score (nSPS) is 10.1. The van der Waals surface area contributed by atoms with E-state index in [1.165, 1.54) is 19.2 Å². The largest absolute Gasteiger partial charge is 0.494 e. The maximum absolute atomic E-state index is 12.9. The van der Waals surface area contributed by atoms with Crippen molar-refractivity contribution in [2.75, 3.05) is 24.3 Å². The molecule has 0 spiro atoms. The fourth-order valence-electron chi connectivity index (χ4n) is 2.07. The van der Waals surface area contributed by atoms with Gasteiger partial charge in [-0.15, -0.1) is 0 Å². The van der Waals surface area contributed by atoms with E-state index in [9.17, 15) is 14.0 Å². The Morgan fingerprint density at radius 3 is 2.42 bits per heavy atom. The van der Waals surface area contributed by atoms with Gasteiger partial charge in [0.25, 0.3) is 0 Å². The van der Waals surface area contributed by atoms with Gasteiger partial charge in [-0.1, -0.05) is 12.1 Å². The van der Waals surface area contributed by atoms with E-state index in [1.807, 2.05) is 0 Å². The summed E-state index contributed by atoms with van der Waals surface area (Å²) in [5.41, 5.74) is 6.92. The van der Waals surface area contributed by atoms with Crippen LogP contribution in [0.3, 0.4) is 0 Å². The highest BCUT2D eigenvalue weighted by Gasteiger charge is 2.10. The van der Waals surface area contributed by atoms with Gasteiger partial charge in [-0.05, 0) is 29.8 Å². The Bertz CT molecular complexity index is 732. The second-order valence-electron chi connectivity index (χ2n) is 5.02. The lowest BCUT2D eigenvalue weighted by Crippen LogP contribution is -2.22. The van der Waals surface area contributed by atoms with Gasteiger partial charge in [-0.2, -0.15) is 0 Å². The summed E-state index contributed by atoms with van der Waals surface area (Å²) in [5.74, 6) is -0.544. The molecule has 0 radical (unpaired) electrons. The van der Waals surface area contributed by atoms with E-state index >= 15 is 0 Å². The van der Waals surface area contributed by atoms with Crippen molar-refractivity contribution in [3.63, 3.8) is 0 Å². The van der Waals surface area contributed by atoms with Crippen molar-refractivity contribution in [3.05, 3.63) is 53.8 Å². The Hall–Kier alpha value is -2.93. The Kier molecular flexibility index (Phi) is 5.86. The zero-order valence-corrected chi connectivity index (χ0v) is 13.1. The molecule has 0 aromatic heterocycles. The van der Waals surface area contributed by atoms with E-state index in [1.54, 1.807) is 30.3 Å². The van der Waals surface area contributed by atoms with Crippen molar-refractivity contribution in [3.8, 4) is 5.75 Å². The molecule has 126 valence electrons. The molecule has 24 heavy (non-hydrogen) atoms. The zero-order chi connectivity index (χ0) is 17.5. The summed E-state index contributed by atoms with van der Waals surface area (Å²) in [4.78, 5) is 23.4. The molecule has 0 saturated heterocycles. The van der Waals surface area contributed by atoms with Crippen LogP contribution in [0.1, 0.15) is 5.56 Å². The van der Waals surface area contributed by atoms with E-state index in [4.69, 9.17) is 10.5 Å². The Morgan fingerprint density at radius 2 is 1.79 bits per heavy atom. The van der Waals surface area contributed by atoms with Gasteiger partial charge in [0.15, 0.2) is 0 Å². The van der Waals surface area contributed by atoms with E-state index in [0.29, 0.717) is 22.7 Å². The molecule has 0 saturated carbocycles. The third-order valence-electron chi connectivity index (χ3n) is 3.22. The smallest absolute Gasteiger partial charge is 0.238 e. The van der Waals surface area contributed by atoms with Gasteiger partial charge in [0.05, 0.1) is 25.8 Å². The van der Waals surface area contributed by atoms with Crippen LogP contribution in [0.4, 0.5) is 15.8 Å². The molecule has 2 rings (SSSR count). The van der Waals surface area contributed by atoms with Crippen LogP contribution >= 0.6 is 0 Å². The van der Waals surface area contributed by atoms with Crippen LogP contribution in [-0.2, 0) is 16.0 Å². The molecule has 0 aliphatic carbocycles.